The lowest BCUT2D eigenvalue weighted by Gasteiger charge is -2.08. The van der Waals surface area contributed by atoms with Gasteiger partial charge in [-0.3, -0.25) is 9.67 Å². The summed E-state index contributed by atoms with van der Waals surface area (Å²) in [5, 5.41) is 4.11. The average molecular weight is 372 g/mol. The maximum atomic E-state index is 12.4. The molecule has 0 aliphatic heterocycles. The van der Waals surface area contributed by atoms with E-state index < -0.39 is 10.0 Å². The number of aromatic nitrogens is 3. The molecular weight excluding hydrogens is 352 g/mol. The summed E-state index contributed by atoms with van der Waals surface area (Å²) in [6.45, 7) is 2.57. The number of aryl methyl sites for hydroxylation is 1. The number of rotatable bonds is 7. The largest absolute Gasteiger partial charge is 0.494 e. The predicted molar refractivity (Wildman–Crippen MR) is 98.1 cm³/mol. The summed E-state index contributed by atoms with van der Waals surface area (Å²) < 4.78 is 34.4. The molecule has 0 saturated carbocycles. The van der Waals surface area contributed by atoms with Crippen molar-refractivity contribution < 1.29 is 13.2 Å². The number of hydrogen-bond acceptors (Lipinski definition) is 5. The molecule has 0 unspecified atom stereocenters. The van der Waals surface area contributed by atoms with Gasteiger partial charge in [0, 0.05) is 31.5 Å². The van der Waals surface area contributed by atoms with Gasteiger partial charge in [-0.05, 0) is 42.8 Å². The van der Waals surface area contributed by atoms with Crippen molar-refractivity contribution >= 4 is 10.0 Å². The van der Waals surface area contributed by atoms with Crippen LogP contribution in [0.2, 0.25) is 0 Å². The predicted octanol–water partition coefficient (Wildman–Crippen LogP) is 2.36. The van der Waals surface area contributed by atoms with E-state index in [4.69, 9.17) is 4.74 Å². The number of hydrogen-bond donors (Lipinski definition) is 1. The molecule has 0 saturated heterocycles. The Balaban J connectivity index is 1.65. The van der Waals surface area contributed by atoms with Crippen LogP contribution in [0.1, 0.15) is 12.5 Å². The monoisotopic (exact) mass is 372 g/mol. The fourth-order valence-corrected chi connectivity index (χ4v) is 3.41. The molecule has 0 radical (unpaired) electrons. The first-order valence-electron chi connectivity index (χ1n) is 8.14. The lowest BCUT2D eigenvalue weighted by Crippen LogP contribution is -2.23. The Morgan fingerprint density at radius 2 is 1.88 bits per heavy atom. The van der Waals surface area contributed by atoms with Crippen LogP contribution in [0.3, 0.4) is 0 Å². The lowest BCUT2D eigenvalue weighted by molar-refractivity contribution is 0.340. The van der Waals surface area contributed by atoms with Crippen LogP contribution < -0.4 is 9.46 Å². The maximum Gasteiger partial charge on any atom is 0.240 e. The second-order valence-corrected chi connectivity index (χ2v) is 7.45. The SMILES string of the molecule is CCOc1ccc(S(=O)(=O)NCc2ccc(-c3cnn(C)c3)nc2)cc1. The van der Waals surface area contributed by atoms with E-state index in [2.05, 4.69) is 14.8 Å². The molecule has 0 aliphatic rings. The molecule has 3 rings (SSSR count). The van der Waals surface area contributed by atoms with Gasteiger partial charge in [0.15, 0.2) is 0 Å². The van der Waals surface area contributed by atoms with Crippen LogP contribution >= 0.6 is 0 Å². The summed E-state index contributed by atoms with van der Waals surface area (Å²) >= 11 is 0. The van der Waals surface area contributed by atoms with Crippen molar-refractivity contribution in [3.8, 4) is 17.0 Å². The molecule has 2 aromatic heterocycles. The topological polar surface area (TPSA) is 86.1 Å². The van der Waals surface area contributed by atoms with Gasteiger partial charge < -0.3 is 4.74 Å². The normalized spacial score (nSPS) is 11.5. The van der Waals surface area contributed by atoms with E-state index in [0.29, 0.717) is 12.4 Å². The minimum Gasteiger partial charge on any atom is -0.494 e. The third kappa shape index (κ3) is 4.27. The third-order valence-electron chi connectivity index (χ3n) is 3.74. The summed E-state index contributed by atoms with van der Waals surface area (Å²) in [6, 6.07) is 10.0. The first kappa shape index (κ1) is 18.1. The van der Waals surface area contributed by atoms with Gasteiger partial charge in [-0.25, -0.2) is 13.1 Å². The average Bonchev–Trinajstić information content (AvgIpc) is 3.08. The zero-order valence-electron chi connectivity index (χ0n) is 14.6. The van der Waals surface area contributed by atoms with Crippen LogP contribution in [-0.2, 0) is 23.6 Å². The van der Waals surface area contributed by atoms with Gasteiger partial charge in [0.2, 0.25) is 10.0 Å². The van der Waals surface area contributed by atoms with Crippen LogP contribution in [0.5, 0.6) is 5.75 Å². The number of nitrogens with zero attached hydrogens (tertiary/aromatic N) is 3. The van der Waals surface area contributed by atoms with Crippen molar-refractivity contribution in [3.63, 3.8) is 0 Å². The van der Waals surface area contributed by atoms with Crippen molar-refractivity contribution in [2.24, 2.45) is 7.05 Å². The minimum absolute atomic E-state index is 0.163. The fourth-order valence-electron chi connectivity index (χ4n) is 2.40. The van der Waals surface area contributed by atoms with E-state index >= 15 is 0 Å². The van der Waals surface area contributed by atoms with Crippen molar-refractivity contribution in [1.29, 1.82) is 0 Å². The van der Waals surface area contributed by atoms with Crippen molar-refractivity contribution in [2.45, 2.75) is 18.4 Å². The zero-order valence-corrected chi connectivity index (χ0v) is 15.4. The van der Waals surface area contributed by atoms with Gasteiger partial charge in [0.25, 0.3) is 0 Å². The van der Waals surface area contributed by atoms with Crippen LogP contribution in [0.15, 0.2) is 59.9 Å². The maximum absolute atomic E-state index is 12.4. The number of nitrogens with one attached hydrogen (secondary N) is 1. The first-order valence-corrected chi connectivity index (χ1v) is 9.63. The molecule has 136 valence electrons. The number of benzene rings is 1. The molecule has 1 N–H and O–H groups in total. The summed E-state index contributed by atoms with van der Waals surface area (Å²) in [5.41, 5.74) is 2.47. The summed E-state index contributed by atoms with van der Waals surface area (Å²) in [7, 11) is -1.75. The Morgan fingerprint density at radius 1 is 1.12 bits per heavy atom. The molecule has 0 fully saturated rings. The molecule has 0 bridgehead atoms. The molecule has 0 aliphatic carbocycles. The van der Waals surface area contributed by atoms with E-state index in [-0.39, 0.29) is 11.4 Å². The van der Waals surface area contributed by atoms with Gasteiger partial charge in [-0.15, -0.1) is 0 Å². The Bertz CT molecular complexity index is 964. The second-order valence-electron chi connectivity index (χ2n) is 5.68. The molecule has 2 heterocycles. The zero-order chi connectivity index (χ0) is 18.6. The van der Waals surface area contributed by atoms with Crippen LogP contribution in [0.4, 0.5) is 0 Å². The van der Waals surface area contributed by atoms with Crippen molar-refractivity contribution in [1.82, 2.24) is 19.5 Å². The third-order valence-corrected chi connectivity index (χ3v) is 5.15. The smallest absolute Gasteiger partial charge is 0.240 e. The molecule has 7 nitrogen and oxygen atoms in total. The molecule has 26 heavy (non-hydrogen) atoms. The van der Waals surface area contributed by atoms with E-state index in [1.165, 1.54) is 12.1 Å². The highest BCUT2D eigenvalue weighted by Gasteiger charge is 2.14. The van der Waals surface area contributed by atoms with Crippen molar-refractivity contribution in [3.05, 3.63) is 60.6 Å². The number of sulfonamides is 1. The summed E-state index contributed by atoms with van der Waals surface area (Å²) in [4.78, 5) is 4.56. The van der Waals surface area contributed by atoms with E-state index in [9.17, 15) is 8.42 Å². The molecule has 0 amide bonds. The highest BCUT2D eigenvalue weighted by atomic mass is 32.2. The Labute approximate surface area is 152 Å². The van der Waals surface area contributed by atoms with Gasteiger partial charge in [-0.2, -0.15) is 5.10 Å². The molecule has 0 atom stereocenters. The molecule has 3 aromatic rings. The quantitative estimate of drug-likeness (QED) is 0.688. The molecule has 8 heteroatoms. The Kier molecular flexibility index (Phi) is 5.34. The molecular formula is C18H20N4O3S. The Hall–Kier alpha value is -2.71. The van der Waals surface area contributed by atoms with Gasteiger partial charge in [-0.1, -0.05) is 6.07 Å². The van der Waals surface area contributed by atoms with Crippen LogP contribution in [0, 0.1) is 0 Å². The molecule has 1 aromatic carbocycles. The van der Waals surface area contributed by atoms with Gasteiger partial charge in [0.05, 0.1) is 23.4 Å². The van der Waals surface area contributed by atoms with Crippen LogP contribution in [0.25, 0.3) is 11.3 Å². The minimum atomic E-state index is -3.60. The Morgan fingerprint density at radius 3 is 2.46 bits per heavy atom. The summed E-state index contributed by atoms with van der Waals surface area (Å²) in [5.74, 6) is 0.640. The van der Waals surface area contributed by atoms with Gasteiger partial charge >= 0.3 is 0 Å². The first-order chi connectivity index (χ1) is 12.5. The van der Waals surface area contributed by atoms with Crippen LogP contribution in [-0.4, -0.2) is 29.8 Å². The number of pyridine rings is 1. The lowest BCUT2D eigenvalue weighted by atomic mass is 10.2. The fraction of sp³-hybridized carbons (Fsp3) is 0.222. The van der Waals surface area contributed by atoms with Crippen molar-refractivity contribution in [2.75, 3.05) is 6.61 Å². The second kappa shape index (κ2) is 7.67. The molecule has 0 spiro atoms. The van der Waals surface area contributed by atoms with E-state index in [1.54, 1.807) is 29.2 Å². The van der Waals surface area contributed by atoms with E-state index in [1.807, 2.05) is 32.3 Å². The highest BCUT2D eigenvalue weighted by molar-refractivity contribution is 7.89. The standard InChI is InChI=1S/C18H20N4O3S/c1-3-25-16-5-7-17(8-6-16)26(23,24)21-11-14-4-9-18(19-10-14)15-12-20-22(2)13-15/h4-10,12-13,21H,3,11H2,1-2H3. The number of ether oxygens (including phenoxy) is 1. The van der Waals surface area contributed by atoms with E-state index in [0.717, 1.165) is 16.8 Å². The summed E-state index contributed by atoms with van der Waals surface area (Å²) in [6.07, 6.45) is 5.26. The highest BCUT2D eigenvalue weighted by Crippen LogP contribution is 2.17. The van der Waals surface area contributed by atoms with Gasteiger partial charge in [0.1, 0.15) is 5.75 Å².